The molecule has 1 rings (SSSR count). The van der Waals surface area contributed by atoms with Crippen molar-refractivity contribution in [3.8, 4) is 0 Å². The second-order valence-electron chi connectivity index (χ2n) is 2.73. The van der Waals surface area contributed by atoms with Gasteiger partial charge in [-0.25, -0.2) is 4.79 Å². The van der Waals surface area contributed by atoms with Crippen molar-refractivity contribution < 1.29 is 19.5 Å². The van der Waals surface area contributed by atoms with Gasteiger partial charge in [0.15, 0.2) is 5.78 Å². The lowest BCUT2D eigenvalue weighted by atomic mass is 9.87. The fourth-order valence-corrected chi connectivity index (χ4v) is 1.21. The first-order chi connectivity index (χ1) is 6.04. The first-order valence-corrected chi connectivity index (χ1v) is 3.70. The third-order valence-electron chi connectivity index (χ3n) is 1.79. The zero-order valence-electron chi connectivity index (χ0n) is 6.98. The first kappa shape index (κ1) is 9.38. The number of carboxylic acid groups (broad SMARTS) is 1. The van der Waals surface area contributed by atoms with Crippen molar-refractivity contribution in [1.29, 1.82) is 0 Å². The normalized spacial score (nSPS) is 21.2. The SMILES string of the molecule is CC(=O)C1C(=O)C=CC=C1C(=O)O. The largest absolute Gasteiger partial charge is 0.478 e. The summed E-state index contributed by atoms with van der Waals surface area (Å²) in [4.78, 5) is 32.7. The smallest absolute Gasteiger partial charge is 0.332 e. The van der Waals surface area contributed by atoms with Gasteiger partial charge >= 0.3 is 5.97 Å². The molecule has 1 aliphatic rings. The first-order valence-electron chi connectivity index (χ1n) is 3.70. The predicted molar refractivity (Wildman–Crippen MR) is 44.0 cm³/mol. The summed E-state index contributed by atoms with van der Waals surface area (Å²) in [5.74, 6) is -3.25. The minimum Gasteiger partial charge on any atom is -0.478 e. The number of carboxylic acids is 1. The number of hydrogen-bond acceptors (Lipinski definition) is 3. The minimum atomic E-state index is -1.22. The van der Waals surface area contributed by atoms with Crippen LogP contribution >= 0.6 is 0 Å². The number of rotatable bonds is 2. The van der Waals surface area contributed by atoms with Gasteiger partial charge in [-0.15, -0.1) is 0 Å². The maximum absolute atomic E-state index is 11.1. The van der Waals surface area contributed by atoms with Crippen molar-refractivity contribution >= 4 is 17.5 Å². The van der Waals surface area contributed by atoms with Crippen LogP contribution in [-0.4, -0.2) is 22.6 Å². The molecule has 0 radical (unpaired) electrons. The molecule has 0 amide bonds. The number of hydrogen-bond donors (Lipinski definition) is 1. The van der Waals surface area contributed by atoms with E-state index >= 15 is 0 Å². The molecular formula is C9H8O4. The Balaban J connectivity index is 3.10. The lowest BCUT2D eigenvalue weighted by Gasteiger charge is -2.13. The molecule has 0 bridgehead atoms. The molecule has 0 fully saturated rings. The summed E-state index contributed by atoms with van der Waals surface area (Å²) in [6.07, 6.45) is 3.82. The van der Waals surface area contributed by atoms with Gasteiger partial charge in [0.05, 0.1) is 5.57 Å². The summed E-state index contributed by atoms with van der Waals surface area (Å²) in [5.41, 5.74) is -0.153. The van der Waals surface area contributed by atoms with E-state index in [0.29, 0.717) is 0 Å². The van der Waals surface area contributed by atoms with Crippen molar-refractivity contribution in [3.63, 3.8) is 0 Å². The molecule has 0 saturated heterocycles. The number of allylic oxidation sites excluding steroid dienone is 3. The maximum atomic E-state index is 11.1. The van der Waals surface area contributed by atoms with Gasteiger partial charge in [-0.05, 0) is 13.0 Å². The summed E-state index contributed by atoms with van der Waals surface area (Å²) in [6.45, 7) is 1.21. The van der Waals surface area contributed by atoms with E-state index in [1.54, 1.807) is 0 Å². The molecule has 0 aromatic carbocycles. The highest BCUT2D eigenvalue weighted by atomic mass is 16.4. The van der Waals surface area contributed by atoms with E-state index in [1.165, 1.54) is 25.2 Å². The topological polar surface area (TPSA) is 71.4 Å². The maximum Gasteiger partial charge on any atom is 0.332 e. The Morgan fingerprint density at radius 1 is 1.46 bits per heavy atom. The van der Waals surface area contributed by atoms with Gasteiger partial charge in [0.2, 0.25) is 0 Å². The molecule has 0 aliphatic heterocycles. The number of aliphatic carboxylic acids is 1. The molecule has 0 aromatic rings. The number of Topliss-reactive ketones (excluding diaryl/α,β-unsaturated/α-hetero) is 1. The number of carbonyl (C=O) groups excluding carboxylic acids is 2. The molecule has 4 heteroatoms. The van der Waals surface area contributed by atoms with Gasteiger partial charge in [0, 0.05) is 0 Å². The van der Waals surface area contributed by atoms with Gasteiger partial charge in [-0.1, -0.05) is 12.2 Å². The van der Waals surface area contributed by atoms with Crippen LogP contribution in [0.15, 0.2) is 23.8 Å². The molecule has 1 N–H and O–H groups in total. The lowest BCUT2D eigenvalue weighted by molar-refractivity contribution is -0.137. The summed E-state index contributed by atoms with van der Waals surface area (Å²) in [6, 6.07) is 0. The summed E-state index contributed by atoms with van der Waals surface area (Å²) < 4.78 is 0. The Kier molecular flexibility index (Phi) is 2.41. The van der Waals surface area contributed by atoms with E-state index in [2.05, 4.69) is 0 Å². The zero-order valence-corrected chi connectivity index (χ0v) is 6.98. The van der Waals surface area contributed by atoms with Gasteiger partial charge in [0.25, 0.3) is 0 Å². The van der Waals surface area contributed by atoms with Crippen LogP contribution in [0.2, 0.25) is 0 Å². The molecule has 0 heterocycles. The van der Waals surface area contributed by atoms with E-state index in [0.717, 1.165) is 0 Å². The van der Waals surface area contributed by atoms with Crippen LogP contribution in [-0.2, 0) is 14.4 Å². The van der Waals surface area contributed by atoms with Gasteiger partial charge in [0.1, 0.15) is 11.7 Å². The Labute approximate surface area is 74.6 Å². The standard InChI is InChI=1S/C9H8O4/c1-5(10)8-6(9(12)13)3-2-4-7(8)11/h2-4,8H,1H3,(H,12,13). The third-order valence-corrected chi connectivity index (χ3v) is 1.79. The second kappa shape index (κ2) is 3.35. The molecule has 1 unspecified atom stereocenters. The van der Waals surface area contributed by atoms with Crippen LogP contribution in [0.4, 0.5) is 0 Å². The quantitative estimate of drug-likeness (QED) is 0.622. The second-order valence-corrected chi connectivity index (χ2v) is 2.73. The molecule has 0 aromatic heterocycles. The fourth-order valence-electron chi connectivity index (χ4n) is 1.21. The highest BCUT2D eigenvalue weighted by Gasteiger charge is 2.31. The van der Waals surface area contributed by atoms with Crippen LogP contribution in [0.3, 0.4) is 0 Å². The Morgan fingerprint density at radius 2 is 2.08 bits per heavy atom. The van der Waals surface area contributed by atoms with Crippen molar-refractivity contribution in [1.82, 2.24) is 0 Å². The third kappa shape index (κ3) is 1.72. The van der Waals surface area contributed by atoms with Crippen LogP contribution in [0.25, 0.3) is 0 Å². The molecule has 0 spiro atoms. The van der Waals surface area contributed by atoms with E-state index in [4.69, 9.17) is 5.11 Å². The highest BCUT2D eigenvalue weighted by Crippen LogP contribution is 2.18. The Morgan fingerprint density at radius 3 is 2.46 bits per heavy atom. The summed E-state index contributed by atoms with van der Waals surface area (Å²) in [7, 11) is 0. The van der Waals surface area contributed by atoms with Crippen molar-refractivity contribution in [2.45, 2.75) is 6.92 Å². The average molecular weight is 180 g/mol. The van der Waals surface area contributed by atoms with Crippen LogP contribution in [0.1, 0.15) is 6.92 Å². The molecule has 0 saturated carbocycles. The fraction of sp³-hybridized carbons (Fsp3) is 0.222. The van der Waals surface area contributed by atoms with E-state index in [9.17, 15) is 14.4 Å². The zero-order chi connectivity index (χ0) is 10.0. The average Bonchev–Trinajstić information content (AvgIpc) is 2.02. The Hall–Kier alpha value is -1.71. The van der Waals surface area contributed by atoms with Crippen molar-refractivity contribution in [2.24, 2.45) is 5.92 Å². The van der Waals surface area contributed by atoms with Crippen LogP contribution in [0.5, 0.6) is 0 Å². The molecule has 68 valence electrons. The van der Waals surface area contributed by atoms with E-state index in [-0.39, 0.29) is 5.57 Å². The predicted octanol–water partition coefficient (Wildman–Crippen LogP) is 0.341. The van der Waals surface area contributed by atoms with Crippen molar-refractivity contribution in [2.75, 3.05) is 0 Å². The Bertz CT molecular complexity index is 336. The number of ketones is 2. The molecule has 1 atom stereocenters. The molecule has 4 nitrogen and oxygen atoms in total. The number of carbonyl (C=O) groups is 3. The summed E-state index contributed by atoms with van der Waals surface area (Å²) >= 11 is 0. The van der Waals surface area contributed by atoms with E-state index < -0.39 is 23.5 Å². The molecular weight excluding hydrogens is 172 g/mol. The van der Waals surface area contributed by atoms with Crippen LogP contribution in [0, 0.1) is 5.92 Å². The van der Waals surface area contributed by atoms with Gasteiger partial charge < -0.3 is 5.11 Å². The molecule has 1 aliphatic carbocycles. The van der Waals surface area contributed by atoms with Gasteiger partial charge in [-0.2, -0.15) is 0 Å². The highest BCUT2D eigenvalue weighted by molar-refractivity contribution is 6.15. The molecule has 13 heavy (non-hydrogen) atoms. The monoisotopic (exact) mass is 180 g/mol. The van der Waals surface area contributed by atoms with Crippen LogP contribution < -0.4 is 0 Å². The minimum absolute atomic E-state index is 0.153. The van der Waals surface area contributed by atoms with Gasteiger partial charge in [-0.3, -0.25) is 9.59 Å². The summed E-state index contributed by atoms with van der Waals surface area (Å²) in [5, 5.41) is 8.67. The lowest BCUT2D eigenvalue weighted by Crippen LogP contribution is -2.28. The van der Waals surface area contributed by atoms with Crippen molar-refractivity contribution in [3.05, 3.63) is 23.8 Å². The van der Waals surface area contributed by atoms with E-state index in [1.807, 2.05) is 0 Å².